The van der Waals surface area contributed by atoms with Crippen molar-refractivity contribution in [1.82, 2.24) is 5.32 Å². The number of amides is 1. The normalized spacial score (nSPS) is 11.1. The number of aryl methyl sites for hydroxylation is 1. The monoisotopic (exact) mass is 389 g/mol. The second kappa shape index (κ2) is 9.32. The summed E-state index contributed by atoms with van der Waals surface area (Å²) >= 11 is 0. The molecule has 0 aliphatic carbocycles. The Balaban J connectivity index is 1.78. The molecule has 144 valence electrons. The predicted octanol–water partition coefficient (Wildman–Crippen LogP) is 2.47. The van der Waals surface area contributed by atoms with Gasteiger partial charge < -0.3 is 10.4 Å². The first-order valence-electron chi connectivity index (χ1n) is 8.72. The largest absolute Gasteiger partial charge is 0.478 e. The lowest BCUT2D eigenvalue weighted by Gasteiger charge is -2.07. The summed E-state index contributed by atoms with van der Waals surface area (Å²) in [6, 6.07) is 13.2. The maximum Gasteiger partial charge on any atom is 0.335 e. The first-order chi connectivity index (χ1) is 12.8. The van der Waals surface area contributed by atoms with Gasteiger partial charge in [-0.05, 0) is 48.2 Å². The first kappa shape index (κ1) is 20.6. The fraction of sp³-hybridized carbons (Fsp3) is 0.300. The molecule has 2 aromatic carbocycles. The maximum absolute atomic E-state index is 12.0. The zero-order chi connectivity index (χ0) is 19.9. The molecule has 0 heterocycles. The number of nitrogens with one attached hydrogen (secondary N) is 1. The van der Waals surface area contributed by atoms with E-state index in [0.717, 1.165) is 11.1 Å². The Morgan fingerprint density at radius 3 is 2.33 bits per heavy atom. The molecule has 0 spiro atoms. The van der Waals surface area contributed by atoms with Crippen molar-refractivity contribution in [3.8, 4) is 0 Å². The van der Waals surface area contributed by atoms with E-state index in [-0.39, 0.29) is 17.2 Å². The molecule has 6 nitrogen and oxygen atoms in total. The summed E-state index contributed by atoms with van der Waals surface area (Å²) in [5, 5.41) is 11.8. The number of sulfone groups is 1. The molecular weight excluding hydrogens is 366 g/mol. The third-order valence-electron chi connectivity index (χ3n) is 4.21. The topological polar surface area (TPSA) is 101 Å². The van der Waals surface area contributed by atoms with Crippen molar-refractivity contribution in [2.24, 2.45) is 0 Å². The van der Waals surface area contributed by atoms with Crippen molar-refractivity contribution >= 4 is 21.7 Å². The van der Waals surface area contributed by atoms with Gasteiger partial charge in [-0.25, -0.2) is 13.2 Å². The van der Waals surface area contributed by atoms with Gasteiger partial charge in [0.25, 0.3) is 0 Å². The second-order valence-corrected chi connectivity index (χ2v) is 8.43. The molecule has 27 heavy (non-hydrogen) atoms. The minimum atomic E-state index is -3.21. The van der Waals surface area contributed by atoms with E-state index in [2.05, 4.69) is 5.32 Å². The lowest BCUT2D eigenvalue weighted by molar-refractivity contribution is -0.121. The van der Waals surface area contributed by atoms with E-state index in [1.54, 1.807) is 43.3 Å². The number of carbonyl (C=O) groups excluding carboxylic acids is 1. The molecule has 0 aliphatic heterocycles. The summed E-state index contributed by atoms with van der Waals surface area (Å²) < 4.78 is 23.6. The van der Waals surface area contributed by atoms with Gasteiger partial charge in [0, 0.05) is 13.0 Å². The zero-order valence-electron chi connectivity index (χ0n) is 15.1. The van der Waals surface area contributed by atoms with E-state index in [4.69, 9.17) is 5.11 Å². The molecule has 0 aromatic heterocycles. The van der Waals surface area contributed by atoms with Crippen molar-refractivity contribution in [1.29, 1.82) is 0 Å². The van der Waals surface area contributed by atoms with E-state index >= 15 is 0 Å². The van der Waals surface area contributed by atoms with Crippen LogP contribution in [0.5, 0.6) is 0 Å². The molecule has 0 bridgehead atoms. The summed E-state index contributed by atoms with van der Waals surface area (Å²) in [5.74, 6) is -1.02. The number of carboxylic acids is 1. The number of hydrogen-bond acceptors (Lipinski definition) is 4. The smallest absolute Gasteiger partial charge is 0.335 e. The van der Waals surface area contributed by atoms with Crippen LogP contribution in [0.1, 0.15) is 34.8 Å². The molecule has 0 radical (unpaired) electrons. The van der Waals surface area contributed by atoms with Gasteiger partial charge in [-0.15, -0.1) is 0 Å². The van der Waals surface area contributed by atoms with Gasteiger partial charge in [-0.3, -0.25) is 4.79 Å². The molecule has 1 amide bonds. The number of hydrogen-bond donors (Lipinski definition) is 2. The van der Waals surface area contributed by atoms with Crippen LogP contribution in [0.15, 0.2) is 53.4 Å². The molecule has 0 unspecified atom stereocenters. The van der Waals surface area contributed by atoms with Crippen LogP contribution in [0, 0.1) is 0 Å². The Kier molecular flexibility index (Phi) is 7.12. The molecule has 7 heteroatoms. The van der Waals surface area contributed by atoms with Crippen LogP contribution in [0.4, 0.5) is 0 Å². The van der Waals surface area contributed by atoms with Gasteiger partial charge in [0.2, 0.25) is 5.91 Å². The number of carboxylic acid groups (broad SMARTS) is 1. The van der Waals surface area contributed by atoms with Crippen LogP contribution >= 0.6 is 0 Å². The standard InChI is InChI=1S/C20H23NO5S/c1-2-27(25,26)18-9-6-15(7-10-18)8-11-19(22)21-13-12-16-4-3-5-17(14-16)20(23)24/h3-7,9-10,14H,2,8,11-13H2,1H3,(H,21,22)(H,23,24). The first-order valence-corrected chi connectivity index (χ1v) is 10.4. The molecule has 2 aromatic rings. The quantitative estimate of drug-likeness (QED) is 0.686. The zero-order valence-corrected chi connectivity index (χ0v) is 16.0. The van der Waals surface area contributed by atoms with Gasteiger partial charge in [-0.2, -0.15) is 0 Å². The molecule has 0 saturated carbocycles. The lowest BCUT2D eigenvalue weighted by Crippen LogP contribution is -2.25. The molecule has 0 aliphatic rings. The summed E-state index contributed by atoms with van der Waals surface area (Å²) in [7, 11) is -3.21. The number of aromatic carboxylic acids is 1. The maximum atomic E-state index is 12.0. The van der Waals surface area contributed by atoms with Crippen molar-refractivity contribution in [3.05, 3.63) is 65.2 Å². The van der Waals surface area contributed by atoms with Gasteiger partial charge in [0.05, 0.1) is 16.2 Å². The third-order valence-corrected chi connectivity index (χ3v) is 5.96. The minimum absolute atomic E-state index is 0.0596. The van der Waals surface area contributed by atoms with E-state index < -0.39 is 15.8 Å². The SMILES string of the molecule is CCS(=O)(=O)c1ccc(CCC(=O)NCCc2cccc(C(=O)O)c2)cc1. The van der Waals surface area contributed by atoms with Crippen LogP contribution in [0.2, 0.25) is 0 Å². The Hall–Kier alpha value is -2.67. The molecule has 2 N–H and O–H groups in total. The average molecular weight is 389 g/mol. The van der Waals surface area contributed by atoms with Crippen LogP contribution in [-0.2, 0) is 27.5 Å². The lowest BCUT2D eigenvalue weighted by atomic mass is 10.1. The number of rotatable bonds is 9. The van der Waals surface area contributed by atoms with E-state index in [0.29, 0.717) is 30.7 Å². The number of benzene rings is 2. The van der Waals surface area contributed by atoms with E-state index in [9.17, 15) is 18.0 Å². The molecule has 2 rings (SSSR count). The molecule has 0 fully saturated rings. The van der Waals surface area contributed by atoms with Crippen LogP contribution in [-0.4, -0.2) is 37.7 Å². The van der Waals surface area contributed by atoms with E-state index in [1.807, 2.05) is 6.07 Å². The second-order valence-electron chi connectivity index (χ2n) is 6.15. The average Bonchev–Trinajstić information content (AvgIpc) is 2.67. The van der Waals surface area contributed by atoms with Crippen LogP contribution in [0.25, 0.3) is 0 Å². The highest BCUT2D eigenvalue weighted by molar-refractivity contribution is 7.91. The Labute approximate surface area is 159 Å². The highest BCUT2D eigenvalue weighted by Crippen LogP contribution is 2.13. The highest BCUT2D eigenvalue weighted by Gasteiger charge is 2.11. The Morgan fingerprint density at radius 1 is 1.00 bits per heavy atom. The van der Waals surface area contributed by atoms with Crippen molar-refractivity contribution in [2.45, 2.75) is 31.1 Å². The van der Waals surface area contributed by atoms with E-state index in [1.165, 1.54) is 6.07 Å². The Bertz CT molecular complexity index is 904. The van der Waals surface area contributed by atoms with Gasteiger partial charge in [0.15, 0.2) is 9.84 Å². The summed E-state index contributed by atoms with van der Waals surface area (Å²) in [6.07, 6.45) is 1.37. The summed E-state index contributed by atoms with van der Waals surface area (Å²) in [5.41, 5.74) is 1.98. The van der Waals surface area contributed by atoms with Gasteiger partial charge in [-0.1, -0.05) is 31.2 Å². The fourth-order valence-corrected chi connectivity index (χ4v) is 3.47. The predicted molar refractivity (Wildman–Crippen MR) is 103 cm³/mol. The van der Waals surface area contributed by atoms with Gasteiger partial charge in [0.1, 0.15) is 0 Å². The van der Waals surface area contributed by atoms with Gasteiger partial charge >= 0.3 is 5.97 Å². The summed E-state index contributed by atoms with van der Waals surface area (Å²) in [4.78, 5) is 23.2. The summed E-state index contributed by atoms with van der Waals surface area (Å²) in [6.45, 7) is 2.03. The Morgan fingerprint density at radius 2 is 1.70 bits per heavy atom. The van der Waals surface area contributed by atoms with Crippen molar-refractivity contribution in [2.75, 3.05) is 12.3 Å². The number of carbonyl (C=O) groups is 2. The molecule has 0 atom stereocenters. The van der Waals surface area contributed by atoms with Crippen molar-refractivity contribution < 1.29 is 23.1 Å². The van der Waals surface area contributed by atoms with Crippen LogP contribution < -0.4 is 5.32 Å². The minimum Gasteiger partial charge on any atom is -0.478 e. The third kappa shape index (κ3) is 6.21. The molecular formula is C20H23NO5S. The van der Waals surface area contributed by atoms with Crippen LogP contribution in [0.3, 0.4) is 0 Å². The molecule has 0 saturated heterocycles. The van der Waals surface area contributed by atoms with Crippen molar-refractivity contribution in [3.63, 3.8) is 0 Å². The fourth-order valence-electron chi connectivity index (χ4n) is 2.58. The highest BCUT2D eigenvalue weighted by atomic mass is 32.2.